The first-order chi connectivity index (χ1) is 9.02. The maximum Gasteiger partial charge on any atom is 0.0976 e. The second-order valence-corrected chi connectivity index (χ2v) is 6.61. The van der Waals surface area contributed by atoms with Crippen LogP contribution in [-0.2, 0) is 0 Å². The first kappa shape index (κ1) is 14.2. The van der Waals surface area contributed by atoms with Crippen LogP contribution < -0.4 is 5.73 Å². The molecule has 0 fully saturated rings. The Morgan fingerprint density at radius 1 is 1.16 bits per heavy atom. The number of rotatable bonds is 4. The van der Waals surface area contributed by atoms with Crippen LogP contribution in [0.1, 0.15) is 48.1 Å². The monoisotopic (exact) mass is 274 g/mol. The van der Waals surface area contributed by atoms with Crippen LogP contribution >= 0.6 is 11.3 Å². The van der Waals surface area contributed by atoms with Gasteiger partial charge in [-0.3, -0.25) is 0 Å². The summed E-state index contributed by atoms with van der Waals surface area (Å²) >= 11 is 1.76. The lowest BCUT2D eigenvalue weighted by atomic mass is 10.0. The minimum Gasteiger partial charge on any atom is -0.330 e. The molecule has 19 heavy (non-hydrogen) atoms. The number of aromatic nitrogens is 1. The van der Waals surface area contributed by atoms with Crippen LogP contribution in [0.25, 0.3) is 11.3 Å². The summed E-state index contributed by atoms with van der Waals surface area (Å²) in [6, 6.07) is 8.75. The molecule has 3 heteroatoms. The van der Waals surface area contributed by atoms with E-state index in [9.17, 15) is 0 Å². The summed E-state index contributed by atoms with van der Waals surface area (Å²) in [6.45, 7) is 9.34. The SMILES string of the molecule is Cc1sc(C(C)CN)nc1-c1ccc(C(C)C)cc1. The fourth-order valence-electron chi connectivity index (χ4n) is 2.02. The average molecular weight is 274 g/mol. The number of hydrogen-bond acceptors (Lipinski definition) is 3. The van der Waals surface area contributed by atoms with E-state index in [4.69, 9.17) is 10.7 Å². The molecule has 0 amide bonds. The third-order valence-corrected chi connectivity index (χ3v) is 4.64. The molecule has 0 saturated carbocycles. The van der Waals surface area contributed by atoms with E-state index in [0.717, 1.165) is 10.7 Å². The van der Waals surface area contributed by atoms with E-state index < -0.39 is 0 Å². The normalized spacial score (nSPS) is 12.9. The molecule has 1 atom stereocenters. The third kappa shape index (κ3) is 3.04. The van der Waals surface area contributed by atoms with Gasteiger partial charge in [-0.05, 0) is 18.4 Å². The Hall–Kier alpha value is -1.19. The van der Waals surface area contributed by atoms with E-state index in [1.54, 1.807) is 11.3 Å². The second kappa shape index (κ2) is 5.85. The maximum absolute atomic E-state index is 5.72. The van der Waals surface area contributed by atoms with Crippen molar-refractivity contribution in [1.82, 2.24) is 4.98 Å². The van der Waals surface area contributed by atoms with Gasteiger partial charge in [-0.2, -0.15) is 0 Å². The zero-order valence-corrected chi connectivity index (χ0v) is 12.9. The number of nitrogens with zero attached hydrogens (tertiary/aromatic N) is 1. The van der Waals surface area contributed by atoms with Crippen LogP contribution in [0, 0.1) is 6.92 Å². The smallest absolute Gasteiger partial charge is 0.0976 e. The molecule has 2 nitrogen and oxygen atoms in total. The van der Waals surface area contributed by atoms with Crippen molar-refractivity contribution >= 4 is 11.3 Å². The van der Waals surface area contributed by atoms with Gasteiger partial charge in [0.2, 0.25) is 0 Å². The van der Waals surface area contributed by atoms with E-state index in [-0.39, 0.29) is 0 Å². The number of aryl methyl sites for hydroxylation is 1. The lowest BCUT2D eigenvalue weighted by Gasteiger charge is -2.06. The van der Waals surface area contributed by atoms with Crippen LogP contribution in [0.4, 0.5) is 0 Å². The Balaban J connectivity index is 2.33. The molecule has 0 aliphatic rings. The van der Waals surface area contributed by atoms with Crippen molar-refractivity contribution < 1.29 is 0 Å². The second-order valence-electron chi connectivity index (χ2n) is 5.37. The van der Waals surface area contributed by atoms with E-state index in [0.29, 0.717) is 18.4 Å². The van der Waals surface area contributed by atoms with Crippen LogP contribution in [0.15, 0.2) is 24.3 Å². The van der Waals surface area contributed by atoms with Gasteiger partial charge in [0.1, 0.15) is 0 Å². The first-order valence-electron chi connectivity index (χ1n) is 6.80. The molecule has 2 N–H and O–H groups in total. The van der Waals surface area contributed by atoms with Crippen molar-refractivity contribution in [2.24, 2.45) is 5.73 Å². The van der Waals surface area contributed by atoms with Gasteiger partial charge in [0.15, 0.2) is 0 Å². The summed E-state index contributed by atoms with van der Waals surface area (Å²) in [5.41, 5.74) is 9.40. The minimum absolute atomic E-state index is 0.340. The largest absolute Gasteiger partial charge is 0.330 e. The van der Waals surface area contributed by atoms with E-state index >= 15 is 0 Å². The predicted octanol–water partition coefficient (Wildman–Crippen LogP) is 4.30. The average Bonchev–Trinajstić information content (AvgIpc) is 2.80. The maximum atomic E-state index is 5.72. The number of benzene rings is 1. The summed E-state index contributed by atoms with van der Waals surface area (Å²) in [6.07, 6.45) is 0. The summed E-state index contributed by atoms with van der Waals surface area (Å²) < 4.78 is 0. The molecule has 1 unspecified atom stereocenters. The van der Waals surface area contributed by atoms with Crippen molar-refractivity contribution in [2.75, 3.05) is 6.54 Å². The molecule has 0 bridgehead atoms. The molecular weight excluding hydrogens is 252 g/mol. The fourth-order valence-corrected chi connectivity index (χ4v) is 3.03. The van der Waals surface area contributed by atoms with Crippen molar-refractivity contribution in [3.8, 4) is 11.3 Å². The third-order valence-electron chi connectivity index (χ3n) is 3.44. The summed E-state index contributed by atoms with van der Waals surface area (Å²) in [7, 11) is 0. The van der Waals surface area contributed by atoms with Gasteiger partial charge >= 0.3 is 0 Å². The molecule has 0 aliphatic carbocycles. The standard InChI is InChI=1S/C16H22N2S/c1-10(2)13-5-7-14(8-6-13)15-12(4)19-16(18-15)11(3)9-17/h5-8,10-11H,9,17H2,1-4H3. The van der Waals surface area contributed by atoms with E-state index in [2.05, 4.69) is 52.0 Å². The Morgan fingerprint density at radius 3 is 2.32 bits per heavy atom. The quantitative estimate of drug-likeness (QED) is 0.902. The van der Waals surface area contributed by atoms with Gasteiger partial charge in [-0.15, -0.1) is 11.3 Å². The van der Waals surface area contributed by atoms with Gasteiger partial charge < -0.3 is 5.73 Å². The van der Waals surface area contributed by atoms with Crippen LogP contribution in [0.3, 0.4) is 0 Å². The van der Waals surface area contributed by atoms with Gasteiger partial charge in [0.05, 0.1) is 10.7 Å². The predicted molar refractivity (Wildman–Crippen MR) is 83.8 cm³/mol. The molecule has 2 rings (SSSR count). The van der Waals surface area contributed by atoms with Crippen molar-refractivity contribution in [3.05, 3.63) is 39.7 Å². The zero-order valence-electron chi connectivity index (χ0n) is 12.1. The molecule has 0 aliphatic heterocycles. The minimum atomic E-state index is 0.340. The molecular formula is C16H22N2S. The van der Waals surface area contributed by atoms with Gasteiger partial charge in [-0.25, -0.2) is 4.98 Å². The highest BCUT2D eigenvalue weighted by molar-refractivity contribution is 7.12. The Bertz CT molecular complexity index is 540. The number of nitrogens with two attached hydrogens (primary N) is 1. The van der Waals surface area contributed by atoms with E-state index in [1.807, 2.05) is 0 Å². The highest BCUT2D eigenvalue weighted by atomic mass is 32.1. The Morgan fingerprint density at radius 2 is 1.79 bits per heavy atom. The van der Waals surface area contributed by atoms with Gasteiger partial charge in [0.25, 0.3) is 0 Å². The zero-order chi connectivity index (χ0) is 14.0. The number of hydrogen-bond donors (Lipinski definition) is 1. The molecule has 0 spiro atoms. The van der Waals surface area contributed by atoms with Gasteiger partial charge in [-0.1, -0.05) is 45.0 Å². The van der Waals surface area contributed by atoms with Gasteiger partial charge in [0, 0.05) is 22.9 Å². The highest BCUT2D eigenvalue weighted by Crippen LogP contribution is 2.31. The molecule has 1 heterocycles. The molecule has 1 aromatic heterocycles. The first-order valence-corrected chi connectivity index (χ1v) is 7.62. The number of thiazole rings is 1. The molecule has 2 aromatic rings. The molecule has 0 saturated heterocycles. The molecule has 102 valence electrons. The molecule has 0 radical (unpaired) electrons. The topological polar surface area (TPSA) is 38.9 Å². The summed E-state index contributed by atoms with van der Waals surface area (Å²) in [4.78, 5) is 6.03. The molecule has 1 aromatic carbocycles. The summed E-state index contributed by atoms with van der Waals surface area (Å²) in [5.74, 6) is 0.908. The Kier molecular flexibility index (Phi) is 4.38. The van der Waals surface area contributed by atoms with Crippen LogP contribution in [0.2, 0.25) is 0 Å². The lowest BCUT2D eigenvalue weighted by molar-refractivity contribution is 0.766. The fraction of sp³-hybridized carbons (Fsp3) is 0.438. The van der Waals surface area contributed by atoms with Crippen molar-refractivity contribution in [2.45, 2.75) is 39.5 Å². The summed E-state index contributed by atoms with van der Waals surface area (Å²) in [5, 5.41) is 1.14. The van der Waals surface area contributed by atoms with Crippen LogP contribution in [-0.4, -0.2) is 11.5 Å². The van der Waals surface area contributed by atoms with Crippen molar-refractivity contribution in [3.63, 3.8) is 0 Å². The van der Waals surface area contributed by atoms with E-state index in [1.165, 1.54) is 16.0 Å². The highest BCUT2D eigenvalue weighted by Gasteiger charge is 2.14. The Labute approximate surface area is 119 Å². The van der Waals surface area contributed by atoms with Crippen molar-refractivity contribution in [1.29, 1.82) is 0 Å². The van der Waals surface area contributed by atoms with Crippen LogP contribution in [0.5, 0.6) is 0 Å². The lowest BCUT2D eigenvalue weighted by Crippen LogP contribution is -2.08.